The Morgan fingerprint density at radius 2 is 2.31 bits per heavy atom. The molecule has 35 heavy (non-hydrogen) atoms. The van der Waals surface area contributed by atoms with E-state index in [-0.39, 0.29) is 35.3 Å². The van der Waals surface area contributed by atoms with Gasteiger partial charge in [-0.25, -0.2) is 9.36 Å². The number of nitrogen functional groups attached to an aromatic ring is 1. The molecule has 4 rings (SSSR count). The van der Waals surface area contributed by atoms with E-state index in [4.69, 9.17) is 15.8 Å². The van der Waals surface area contributed by atoms with Crippen molar-refractivity contribution in [1.82, 2.24) is 19.6 Å². The van der Waals surface area contributed by atoms with Crippen molar-refractivity contribution in [3.8, 4) is 6.07 Å². The molecule has 2 atom stereocenters. The van der Waals surface area contributed by atoms with Crippen LogP contribution >= 0.6 is 23.3 Å². The van der Waals surface area contributed by atoms with Gasteiger partial charge >= 0.3 is 5.97 Å². The number of nitrogens with two attached hydrogens (primary N) is 1. The lowest BCUT2D eigenvalue weighted by Gasteiger charge is -2.49. The molecule has 1 saturated heterocycles. The molecule has 15 heteroatoms. The van der Waals surface area contributed by atoms with Gasteiger partial charge in [0.05, 0.1) is 12.5 Å². The highest BCUT2D eigenvalue weighted by atomic mass is 32.2. The predicted octanol–water partition coefficient (Wildman–Crippen LogP) is -0.737. The fourth-order valence-corrected chi connectivity index (χ4v) is 5.48. The molecular weight excluding hydrogens is 496 g/mol. The molecule has 2 aromatic rings. The first-order valence-corrected chi connectivity index (χ1v) is 11.9. The van der Waals surface area contributed by atoms with Gasteiger partial charge in [-0.1, -0.05) is 5.16 Å². The minimum Gasteiger partial charge on any atom is -0.477 e. The molecule has 180 valence electrons. The fraction of sp³-hybridized carbons (Fsp3) is 0.300. The number of amides is 2. The van der Waals surface area contributed by atoms with Gasteiger partial charge < -0.3 is 21.0 Å². The summed E-state index contributed by atoms with van der Waals surface area (Å²) in [5.74, 6) is -2.26. The lowest BCUT2D eigenvalue weighted by Crippen LogP contribution is -2.71. The predicted molar refractivity (Wildman–Crippen MR) is 124 cm³/mol. The van der Waals surface area contributed by atoms with Gasteiger partial charge in [0.15, 0.2) is 24.1 Å². The van der Waals surface area contributed by atoms with Crippen LogP contribution in [0.15, 0.2) is 41.0 Å². The van der Waals surface area contributed by atoms with Crippen molar-refractivity contribution in [2.24, 2.45) is 5.16 Å². The maximum atomic E-state index is 12.9. The minimum atomic E-state index is -1.24. The summed E-state index contributed by atoms with van der Waals surface area (Å²) in [4.78, 5) is 47.6. The molecule has 2 amide bonds. The molecule has 4 heterocycles. The van der Waals surface area contributed by atoms with Crippen LogP contribution in [-0.4, -0.2) is 67.1 Å². The molecular formula is C20H19N8O5S2+. The molecule has 4 N–H and O–H groups in total. The smallest absolute Gasteiger partial charge is 0.352 e. The average molecular weight is 516 g/mol. The third kappa shape index (κ3) is 4.79. The highest BCUT2D eigenvalue weighted by Gasteiger charge is 2.54. The maximum absolute atomic E-state index is 12.9. The quantitative estimate of drug-likeness (QED) is 0.175. The van der Waals surface area contributed by atoms with E-state index < -0.39 is 29.2 Å². The molecule has 2 aliphatic heterocycles. The van der Waals surface area contributed by atoms with Crippen LogP contribution in [0.1, 0.15) is 11.4 Å². The molecule has 0 unspecified atom stereocenters. The number of nitrogens with zero attached hydrogens (tertiary/aromatic N) is 6. The van der Waals surface area contributed by atoms with Crippen molar-refractivity contribution in [1.29, 1.82) is 5.26 Å². The Kier molecular flexibility index (Phi) is 6.94. The number of pyridine rings is 1. The normalized spacial score (nSPS) is 19.5. The number of fused-ring (bicyclic) bond motifs is 1. The van der Waals surface area contributed by atoms with Crippen LogP contribution in [0, 0.1) is 11.3 Å². The van der Waals surface area contributed by atoms with Gasteiger partial charge in [-0.05, 0) is 6.07 Å². The van der Waals surface area contributed by atoms with E-state index >= 15 is 0 Å². The summed E-state index contributed by atoms with van der Waals surface area (Å²) in [6.07, 6.45) is 3.76. The van der Waals surface area contributed by atoms with E-state index in [0.29, 0.717) is 11.3 Å². The number of anilines is 1. The van der Waals surface area contributed by atoms with E-state index in [1.54, 1.807) is 29.1 Å². The number of hydrogen-bond acceptors (Lipinski definition) is 11. The molecule has 0 radical (unpaired) electrons. The number of oxime groups is 1. The number of carbonyl (C=O) groups is 3. The summed E-state index contributed by atoms with van der Waals surface area (Å²) in [5, 5.41) is 24.5. The Morgan fingerprint density at radius 1 is 1.51 bits per heavy atom. The average Bonchev–Trinajstić information content (AvgIpc) is 3.26. The first kappa shape index (κ1) is 24.1. The third-order valence-corrected chi connectivity index (χ3v) is 7.05. The molecule has 0 aromatic carbocycles. The van der Waals surface area contributed by atoms with Crippen LogP contribution in [0.5, 0.6) is 0 Å². The lowest BCUT2D eigenvalue weighted by molar-refractivity contribution is -0.689. The Balaban J connectivity index is 1.53. The number of carboxylic acids is 1. The lowest BCUT2D eigenvalue weighted by atomic mass is 10.0. The van der Waals surface area contributed by atoms with Crippen molar-refractivity contribution in [2.45, 2.75) is 24.4 Å². The first-order valence-electron chi connectivity index (χ1n) is 10.1. The van der Waals surface area contributed by atoms with Crippen molar-refractivity contribution >= 4 is 51.9 Å². The van der Waals surface area contributed by atoms with Crippen molar-refractivity contribution in [3.05, 3.63) is 47.2 Å². The monoisotopic (exact) mass is 515 g/mol. The van der Waals surface area contributed by atoms with Gasteiger partial charge in [0.2, 0.25) is 11.5 Å². The number of nitrogens with one attached hydrogen (secondary N) is 1. The Hall–Kier alpha value is -4.03. The number of carboxylic acid groups (broad SMARTS) is 1. The third-order valence-electron chi connectivity index (χ3n) is 5.16. The summed E-state index contributed by atoms with van der Waals surface area (Å²) in [6, 6.07) is 4.69. The number of aromatic nitrogens is 3. The summed E-state index contributed by atoms with van der Waals surface area (Å²) >= 11 is 2.21. The molecule has 13 nitrogen and oxygen atoms in total. The zero-order valence-electron chi connectivity index (χ0n) is 18.2. The van der Waals surface area contributed by atoms with Gasteiger partial charge in [0, 0.05) is 34.5 Å². The molecule has 0 aliphatic carbocycles. The largest absolute Gasteiger partial charge is 0.477 e. The van der Waals surface area contributed by atoms with E-state index in [1.807, 2.05) is 0 Å². The standard InChI is InChI=1S/C20H18N8O5S2/c1-33-25-12(15-24-20(22)35-26-15)16(29)23-13-17(30)28-14(19(31)32)11(9-34-18(13)28)8-27-6-2-3-10(7-27)4-5-21/h2-3,6-7,13,18H,4,8-9H2,1H3,(H3-,22,23,24,26,29,31,32)/p+1/b25-12-/t13-,18+/m1/s1. The van der Waals surface area contributed by atoms with Gasteiger partial charge in [-0.15, -0.1) is 11.8 Å². The molecule has 2 aliphatic rings. The van der Waals surface area contributed by atoms with E-state index in [0.717, 1.165) is 17.1 Å². The number of nitriles is 1. The second kappa shape index (κ2) is 10.1. The maximum Gasteiger partial charge on any atom is 0.352 e. The highest BCUT2D eigenvalue weighted by molar-refractivity contribution is 8.00. The van der Waals surface area contributed by atoms with Crippen LogP contribution in [0.2, 0.25) is 0 Å². The minimum absolute atomic E-state index is 0.0455. The van der Waals surface area contributed by atoms with E-state index in [1.165, 1.54) is 23.8 Å². The number of β-lactam (4-membered cyclic amide) rings is 1. The van der Waals surface area contributed by atoms with Crippen molar-refractivity contribution in [2.75, 3.05) is 18.6 Å². The summed E-state index contributed by atoms with van der Waals surface area (Å²) in [6.45, 7) is 0.239. The van der Waals surface area contributed by atoms with Crippen LogP contribution < -0.4 is 15.6 Å². The van der Waals surface area contributed by atoms with Crippen LogP contribution in [0.3, 0.4) is 0 Å². The summed E-state index contributed by atoms with van der Waals surface area (Å²) in [7, 11) is 1.25. The molecule has 0 bridgehead atoms. The Labute approximate surface area is 207 Å². The van der Waals surface area contributed by atoms with Crippen LogP contribution in [-0.2, 0) is 32.2 Å². The zero-order chi connectivity index (χ0) is 25.1. The Bertz CT molecular complexity index is 1300. The SMILES string of the molecule is CO/N=C(\C(=O)N[C@@H]1C(=O)N2C(C(=O)O)=C(C[n+]3cccc(CC#N)c3)CS[C@@H]12)c1nsc(N)n1. The van der Waals surface area contributed by atoms with Crippen LogP contribution in [0.25, 0.3) is 0 Å². The van der Waals surface area contributed by atoms with Gasteiger partial charge in [0.1, 0.15) is 24.2 Å². The topological polar surface area (TPSA) is 188 Å². The molecule has 0 saturated carbocycles. The van der Waals surface area contributed by atoms with Crippen molar-refractivity contribution in [3.63, 3.8) is 0 Å². The van der Waals surface area contributed by atoms with Gasteiger partial charge in [-0.3, -0.25) is 14.5 Å². The van der Waals surface area contributed by atoms with E-state index in [2.05, 4.69) is 25.9 Å². The number of thioether (sulfide) groups is 1. The second-order valence-corrected chi connectivity index (χ2v) is 9.30. The number of carbonyl (C=O) groups excluding carboxylic acids is 2. The highest BCUT2D eigenvalue weighted by Crippen LogP contribution is 2.40. The number of rotatable bonds is 8. The summed E-state index contributed by atoms with van der Waals surface area (Å²) in [5.41, 5.74) is 6.54. The second-order valence-electron chi connectivity index (χ2n) is 7.42. The van der Waals surface area contributed by atoms with Gasteiger partial charge in [-0.2, -0.15) is 14.6 Å². The van der Waals surface area contributed by atoms with Gasteiger partial charge in [0.25, 0.3) is 11.8 Å². The summed E-state index contributed by atoms with van der Waals surface area (Å²) < 4.78 is 5.71. The zero-order valence-corrected chi connectivity index (χ0v) is 19.9. The van der Waals surface area contributed by atoms with Crippen LogP contribution in [0.4, 0.5) is 5.13 Å². The number of hydrogen-bond donors (Lipinski definition) is 3. The molecule has 0 spiro atoms. The molecule has 2 aromatic heterocycles. The first-order chi connectivity index (χ1) is 16.8. The fourth-order valence-electron chi connectivity index (χ4n) is 3.71. The number of aliphatic carboxylic acids is 1. The van der Waals surface area contributed by atoms with Crippen molar-refractivity contribution < 1.29 is 28.9 Å². The molecule has 1 fully saturated rings. The Morgan fingerprint density at radius 3 is 2.97 bits per heavy atom. The van der Waals surface area contributed by atoms with E-state index in [9.17, 15) is 19.5 Å².